The smallest absolute Gasteiger partial charge is 0.212 e. The van der Waals surface area contributed by atoms with Gasteiger partial charge in [-0.25, -0.2) is 13.6 Å². The first-order chi connectivity index (χ1) is 7.31. The fourth-order valence-corrected chi connectivity index (χ4v) is 1.72. The van der Waals surface area contributed by atoms with E-state index in [1.165, 1.54) is 0 Å². The molecule has 90 valence electrons. The highest BCUT2D eigenvalue weighted by molar-refractivity contribution is 7.89. The van der Waals surface area contributed by atoms with Crippen LogP contribution in [0.2, 0.25) is 0 Å². The van der Waals surface area contributed by atoms with Crippen molar-refractivity contribution in [2.45, 2.75) is 20.8 Å². The predicted molar refractivity (Wildman–Crippen MR) is 64.1 cm³/mol. The summed E-state index contributed by atoms with van der Waals surface area (Å²) in [5, 5.41) is 4.90. The SMILES string of the molecule is Cc1ccc(C)c(OCCS(N)(=O)=O)c1C. The van der Waals surface area contributed by atoms with E-state index in [9.17, 15) is 8.42 Å². The normalized spacial score (nSPS) is 11.5. The Morgan fingerprint density at radius 3 is 2.31 bits per heavy atom. The van der Waals surface area contributed by atoms with Gasteiger partial charge in [0.25, 0.3) is 0 Å². The van der Waals surface area contributed by atoms with Crippen molar-refractivity contribution in [3.8, 4) is 5.75 Å². The molecule has 4 nitrogen and oxygen atoms in total. The summed E-state index contributed by atoms with van der Waals surface area (Å²) in [6.45, 7) is 5.96. The van der Waals surface area contributed by atoms with Gasteiger partial charge in [0.2, 0.25) is 10.0 Å². The first-order valence-corrected chi connectivity index (χ1v) is 6.73. The lowest BCUT2D eigenvalue weighted by molar-refractivity contribution is 0.336. The van der Waals surface area contributed by atoms with Crippen LogP contribution in [0.15, 0.2) is 12.1 Å². The molecular weight excluding hydrogens is 226 g/mol. The average molecular weight is 243 g/mol. The van der Waals surface area contributed by atoms with Crippen molar-refractivity contribution in [2.24, 2.45) is 5.14 Å². The monoisotopic (exact) mass is 243 g/mol. The molecular formula is C11H17NO3S. The van der Waals surface area contributed by atoms with E-state index in [1.807, 2.05) is 32.9 Å². The molecule has 0 atom stereocenters. The Morgan fingerprint density at radius 1 is 1.19 bits per heavy atom. The molecule has 0 amide bonds. The van der Waals surface area contributed by atoms with Gasteiger partial charge in [-0.2, -0.15) is 0 Å². The van der Waals surface area contributed by atoms with Crippen LogP contribution >= 0.6 is 0 Å². The number of benzene rings is 1. The van der Waals surface area contributed by atoms with Gasteiger partial charge in [0, 0.05) is 0 Å². The summed E-state index contributed by atoms with van der Waals surface area (Å²) in [5.74, 6) is 0.587. The molecule has 16 heavy (non-hydrogen) atoms. The van der Waals surface area contributed by atoms with Crippen LogP contribution in [0.3, 0.4) is 0 Å². The maximum absolute atomic E-state index is 10.8. The Labute approximate surface area is 96.5 Å². The van der Waals surface area contributed by atoms with Crippen molar-refractivity contribution in [3.63, 3.8) is 0 Å². The van der Waals surface area contributed by atoms with Crippen LogP contribution < -0.4 is 9.88 Å². The van der Waals surface area contributed by atoms with Crippen LogP contribution in [0.25, 0.3) is 0 Å². The summed E-state index contributed by atoms with van der Waals surface area (Å²) < 4.78 is 27.0. The third kappa shape index (κ3) is 3.50. The van der Waals surface area contributed by atoms with Crippen molar-refractivity contribution in [2.75, 3.05) is 12.4 Å². The van der Waals surface area contributed by atoms with Crippen LogP contribution in [0, 0.1) is 20.8 Å². The molecule has 5 heteroatoms. The minimum Gasteiger partial charge on any atom is -0.492 e. The molecule has 1 aromatic carbocycles. The molecule has 0 spiro atoms. The standard InChI is InChI=1S/C11H17NO3S/c1-8-4-5-9(2)11(10(8)3)15-6-7-16(12,13)14/h4-5H,6-7H2,1-3H3,(H2,12,13,14). The molecule has 0 aromatic heterocycles. The van der Waals surface area contributed by atoms with Gasteiger partial charge in [-0.05, 0) is 37.5 Å². The topological polar surface area (TPSA) is 69.4 Å². The number of aryl methyl sites for hydroxylation is 2. The van der Waals surface area contributed by atoms with E-state index in [2.05, 4.69) is 0 Å². The van der Waals surface area contributed by atoms with Crippen molar-refractivity contribution in [3.05, 3.63) is 28.8 Å². The molecule has 2 N–H and O–H groups in total. The number of hydrogen-bond donors (Lipinski definition) is 1. The molecule has 1 rings (SSSR count). The zero-order valence-electron chi connectivity index (χ0n) is 9.78. The van der Waals surface area contributed by atoms with Crippen LogP contribution in [0.1, 0.15) is 16.7 Å². The van der Waals surface area contributed by atoms with E-state index in [-0.39, 0.29) is 12.4 Å². The van der Waals surface area contributed by atoms with Gasteiger partial charge in [0.15, 0.2) is 0 Å². The lowest BCUT2D eigenvalue weighted by Gasteiger charge is -2.13. The number of nitrogens with two attached hydrogens (primary N) is 1. The quantitative estimate of drug-likeness (QED) is 0.866. The van der Waals surface area contributed by atoms with Crippen LogP contribution in [0.4, 0.5) is 0 Å². The zero-order valence-corrected chi connectivity index (χ0v) is 10.6. The Bertz CT molecular complexity index is 480. The van der Waals surface area contributed by atoms with E-state index in [4.69, 9.17) is 9.88 Å². The number of sulfonamides is 1. The molecule has 0 heterocycles. The van der Waals surface area contributed by atoms with Crippen molar-refractivity contribution >= 4 is 10.0 Å². The minimum atomic E-state index is -3.46. The third-order valence-corrected chi connectivity index (χ3v) is 3.22. The number of primary sulfonamides is 1. The maximum Gasteiger partial charge on any atom is 0.212 e. The molecule has 0 fully saturated rings. The van der Waals surface area contributed by atoms with E-state index in [1.54, 1.807) is 0 Å². The van der Waals surface area contributed by atoms with Crippen LogP contribution in [-0.4, -0.2) is 20.8 Å². The van der Waals surface area contributed by atoms with E-state index < -0.39 is 10.0 Å². The predicted octanol–water partition coefficient (Wildman–Crippen LogP) is 1.28. The van der Waals surface area contributed by atoms with Crippen molar-refractivity contribution in [1.82, 2.24) is 0 Å². The van der Waals surface area contributed by atoms with E-state index in [0.29, 0.717) is 0 Å². The van der Waals surface area contributed by atoms with E-state index >= 15 is 0 Å². The molecule has 0 aliphatic carbocycles. The first kappa shape index (κ1) is 13.0. The molecule has 0 radical (unpaired) electrons. The van der Waals surface area contributed by atoms with Gasteiger partial charge in [-0.3, -0.25) is 0 Å². The first-order valence-electron chi connectivity index (χ1n) is 5.01. The highest BCUT2D eigenvalue weighted by Gasteiger charge is 2.08. The van der Waals surface area contributed by atoms with E-state index in [0.717, 1.165) is 22.4 Å². The highest BCUT2D eigenvalue weighted by Crippen LogP contribution is 2.25. The summed E-state index contributed by atoms with van der Waals surface area (Å²) in [4.78, 5) is 0. The second-order valence-corrected chi connectivity index (χ2v) is 5.60. The summed E-state index contributed by atoms with van der Waals surface area (Å²) in [6.07, 6.45) is 0. The van der Waals surface area contributed by atoms with Gasteiger partial charge in [0.1, 0.15) is 12.4 Å². The number of ether oxygens (including phenoxy) is 1. The lowest BCUT2D eigenvalue weighted by Crippen LogP contribution is -2.21. The average Bonchev–Trinajstić information content (AvgIpc) is 2.16. The van der Waals surface area contributed by atoms with Crippen molar-refractivity contribution < 1.29 is 13.2 Å². The Balaban J connectivity index is 2.78. The van der Waals surface area contributed by atoms with Gasteiger partial charge >= 0.3 is 0 Å². The fraction of sp³-hybridized carbons (Fsp3) is 0.455. The largest absolute Gasteiger partial charge is 0.492 e. The Hall–Kier alpha value is -1.07. The van der Waals surface area contributed by atoms with Crippen LogP contribution in [-0.2, 0) is 10.0 Å². The lowest BCUT2D eigenvalue weighted by atomic mass is 10.1. The highest BCUT2D eigenvalue weighted by atomic mass is 32.2. The second-order valence-electron chi connectivity index (χ2n) is 3.87. The molecule has 0 unspecified atom stereocenters. The Morgan fingerprint density at radius 2 is 1.75 bits per heavy atom. The third-order valence-electron chi connectivity index (χ3n) is 2.49. The molecule has 0 bridgehead atoms. The summed E-state index contributed by atoms with van der Waals surface area (Å²) in [6, 6.07) is 3.96. The second kappa shape index (κ2) is 4.84. The minimum absolute atomic E-state index is 0.0873. The molecule has 0 aliphatic rings. The molecule has 1 aromatic rings. The van der Waals surface area contributed by atoms with Crippen molar-refractivity contribution in [1.29, 1.82) is 0 Å². The number of hydrogen-bond acceptors (Lipinski definition) is 3. The van der Waals surface area contributed by atoms with Gasteiger partial charge in [0.05, 0.1) is 5.75 Å². The molecule has 0 aliphatic heterocycles. The van der Waals surface area contributed by atoms with Gasteiger partial charge in [-0.15, -0.1) is 0 Å². The molecule has 0 saturated heterocycles. The summed E-state index contributed by atoms with van der Waals surface area (Å²) >= 11 is 0. The molecule has 0 saturated carbocycles. The fourth-order valence-electron chi connectivity index (χ4n) is 1.41. The summed E-state index contributed by atoms with van der Waals surface area (Å²) in [7, 11) is -3.46. The number of rotatable bonds is 4. The van der Waals surface area contributed by atoms with Crippen LogP contribution in [0.5, 0.6) is 5.75 Å². The Kier molecular flexibility index (Phi) is 3.93. The zero-order chi connectivity index (χ0) is 12.3. The maximum atomic E-state index is 10.8. The summed E-state index contributed by atoms with van der Waals surface area (Å²) in [5.41, 5.74) is 3.16. The van der Waals surface area contributed by atoms with Gasteiger partial charge < -0.3 is 4.74 Å². The van der Waals surface area contributed by atoms with Gasteiger partial charge in [-0.1, -0.05) is 12.1 Å².